The van der Waals surface area contributed by atoms with Gasteiger partial charge in [-0.3, -0.25) is 14.5 Å². The Balaban J connectivity index is 1.38. The fraction of sp³-hybridized carbons (Fsp3) is 0.600. The number of carbonyl (C=O) groups excluding carboxylic acids is 2. The lowest BCUT2D eigenvalue weighted by Gasteiger charge is -2.53. The lowest BCUT2D eigenvalue weighted by atomic mass is 9.77. The molecule has 216 valence electrons. The quantitative estimate of drug-likeness (QED) is 0.579. The number of likely N-dealkylation sites (tertiary alicyclic amines) is 1. The van der Waals surface area contributed by atoms with Crippen LogP contribution in [0.25, 0.3) is 0 Å². The van der Waals surface area contributed by atoms with Gasteiger partial charge >= 0.3 is 0 Å². The summed E-state index contributed by atoms with van der Waals surface area (Å²) in [6, 6.07) is 5.97. The Labute approximate surface area is 237 Å². The molecule has 2 aliphatic heterocycles. The first-order chi connectivity index (χ1) is 18.8. The first-order valence-electron chi connectivity index (χ1n) is 14.2. The van der Waals surface area contributed by atoms with Crippen molar-refractivity contribution in [2.45, 2.75) is 83.0 Å². The Kier molecular flexibility index (Phi) is 7.18. The van der Waals surface area contributed by atoms with Gasteiger partial charge < -0.3 is 24.8 Å². The zero-order valence-corrected chi connectivity index (χ0v) is 25.1. The van der Waals surface area contributed by atoms with E-state index in [1.165, 1.54) is 0 Å². The molecule has 1 saturated heterocycles. The van der Waals surface area contributed by atoms with Crippen molar-refractivity contribution < 1.29 is 14.3 Å². The van der Waals surface area contributed by atoms with Gasteiger partial charge in [-0.25, -0.2) is 4.98 Å². The van der Waals surface area contributed by atoms with E-state index >= 15 is 0 Å². The Morgan fingerprint density at radius 1 is 1.12 bits per heavy atom. The van der Waals surface area contributed by atoms with E-state index in [1.807, 2.05) is 24.1 Å². The molecule has 3 heterocycles. The second kappa shape index (κ2) is 10.2. The summed E-state index contributed by atoms with van der Waals surface area (Å²) in [7, 11) is 7.43. The monoisotopic (exact) mass is 549 g/mol. The molecule has 10 nitrogen and oxygen atoms in total. The van der Waals surface area contributed by atoms with Gasteiger partial charge in [-0.15, -0.1) is 0 Å². The first-order valence-corrected chi connectivity index (χ1v) is 14.2. The maximum Gasteiger partial charge on any atom is 0.251 e. The summed E-state index contributed by atoms with van der Waals surface area (Å²) >= 11 is 0. The molecule has 40 heavy (non-hydrogen) atoms. The third-order valence-corrected chi connectivity index (χ3v) is 9.05. The van der Waals surface area contributed by atoms with Crippen molar-refractivity contribution in [2.24, 2.45) is 0 Å². The molecule has 2 amide bonds. The van der Waals surface area contributed by atoms with E-state index in [0.717, 1.165) is 42.9 Å². The molecule has 0 spiro atoms. The first kappa shape index (κ1) is 28.1. The summed E-state index contributed by atoms with van der Waals surface area (Å²) in [6.07, 6.45) is 6.16. The summed E-state index contributed by atoms with van der Waals surface area (Å²) < 4.78 is 5.73. The van der Waals surface area contributed by atoms with Gasteiger partial charge in [0.15, 0.2) is 5.82 Å². The number of carbonyl (C=O) groups is 2. The van der Waals surface area contributed by atoms with Crippen molar-refractivity contribution >= 4 is 35.0 Å². The van der Waals surface area contributed by atoms with Crippen LogP contribution in [0.15, 0.2) is 24.4 Å². The molecule has 2 fully saturated rings. The summed E-state index contributed by atoms with van der Waals surface area (Å²) in [5, 5.41) is 3.27. The Morgan fingerprint density at radius 2 is 1.80 bits per heavy atom. The number of aromatic nitrogens is 2. The molecule has 3 aliphatic rings. The van der Waals surface area contributed by atoms with Crippen LogP contribution in [0, 0.1) is 0 Å². The van der Waals surface area contributed by atoms with Gasteiger partial charge in [-0.05, 0) is 78.6 Å². The Bertz CT molecular complexity index is 1290. The molecular weight excluding hydrogens is 506 g/mol. The number of benzene rings is 1. The van der Waals surface area contributed by atoms with Gasteiger partial charge in [0.1, 0.15) is 11.4 Å². The van der Waals surface area contributed by atoms with E-state index in [0.29, 0.717) is 36.3 Å². The van der Waals surface area contributed by atoms with E-state index in [4.69, 9.17) is 9.72 Å². The fourth-order valence-electron chi connectivity index (χ4n) is 6.28. The molecular formula is C30H43N7O3. The normalized spacial score (nSPS) is 21.1. The minimum atomic E-state index is -0.109. The largest absolute Gasteiger partial charge is 0.495 e. The standard InChI is InChI=1S/C30H43N7O3/c1-29(2)16-20(17-30(3,4)36(29)7)32-27(39)19-9-12-22(24(15-19)40-8)35(6)28-31-18-23-26(33-28)37(21-10-11-21)14-13-25(38)34(23)5/h9,12,15,18,20-21H,10-11,13-14,16-17H2,1-8H3,(H,32,39). The third-order valence-electron chi connectivity index (χ3n) is 9.05. The number of methoxy groups -OCH3 is 1. The van der Waals surface area contributed by atoms with Crippen LogP contribution in [0.1, 0.15) is 70.2 Å². The number of piperidine rings is 1. The van der Waals surface area contributed by atoms with Crippen molar-refractivity contribution in [1.29, 1.82) is 0 Å². The average molecular weight is 550 g/mol. The lowest BCUT2D eigenvalue weighted by Crippen LogP contribution is -2.62. The Morgan fingerprint density at radius 3 is 2.42 bits per heavy atom. The number of hydrogen-bond donors (Lipinski definition) is 1. The number of nitrogens with zero attached hydrogens (tertiary/aromatic N) is 6. The van der Waals surface area contributed by atoms with E-state index in [2.05, 4.69) is 54.8 Å². The van der Waals surface area contributed by atoms with Crippen molar-refractivity contribution in [2.75, 3.05) is 49.5 Å². The smallest absolute Gasteiger partial charge is 0.251 e. The van der Waals surface area contributed by atoms with Gasteiger partial charge in [0.2, 0.25) is 11.9 Å². The molecule has 0 radical (unpaired) electrons. The lowest BCUT2D eigenvalue weighted by molar-refractivity contribution is -0.118. The van der Waals surface area contributed by atoms with E-state index in [9.17, 15) is 9.59 Å². The van der Waals surface area contributed by atoms with Crippen molar-refractivity contribution in [3.05, 3.63) is 30.0 Å². The summed E-state index contributed by atoms with van der Waals surface area (Å²) in [5.74, 6) is 1.80. The zero-order valence-electron chi connectivity index (χ0n) is 25.1. The predicted octanol–water partition coefficient (Wildman–Crippen LogP) is 3.97. The Hall–Kier alpha value is -3.40. The summed E-state index contributed by atoms with van der Waals surface area (Å²) in [5.41, 5.74) is 1.98. The second-order valence-electron chi connectivity index (χ2n) is 12.7. The molecule has 2 aromatic rings. The van der Waals surface area contributed by atoms with Crippen LogP contribution in [0.5, 0.6) is 5.75 Å². The second-order valence-corrected chi connectivity index (χ2v) is 12.7. The number of hydrogen-bond acceptors (Lipinski definition) is 8. The SMILES string of the molecule is COc1cc(C(=O)NC2CC(C)(C)N(C)C(C)(C)C2)ccc1N(C)c1ncc2c(n1)N(C1CC1)CCC(=O)N2C. The highest BCUT2D eigenvalue weighted by Gasteiger charge is 2.43. The summed E-state index contributed by atoms with van der Waals surface area (Å²) in [6.45, 7) is 9.56. The summed E-state index contributed by atoms with van der Waals surface area (Å²) in [4.78, 5) is 43.6. The molecule has 0 bridgehead atoms. The van der Waals surface area contributed by atoms with Crippen LogP contribution in [-0.2, 0) is 4.79 Å². The van der Waals surface area contributed by atoms with Crippen molar-refractivity contribution in [3.8, 4) is 5.75 Å². The highest BCUT2D eigenvalue weighted by atomic mass is 16.5. The van der Waals surface area contributed by atoms with Gasteiger partial charge in [-0.2, -0.15) is 4.98 Å². The number of ether oxygens (including phenoxy) is 1. The molecule has 1 N–H and O–H groups in total. The highest BCUT2D eigenvalue weighted by molar-refractivity contribution is 5.98. The topological polar surface area (TPSA) is 94.1 Å². The third kappa shape index (κ3) is 5.21. The van der Waals surface area contributed by atoms with Crippen molar-refractivity contribution in [1.82, 2.24) is 20.2 Å². The van der Waals surface area contributed by atoms with Gasteiger partial charge in [0, 0.05) is 55.8 Å². The molecule has 0 atom stereocenters. The fourth-order valence-corrected chi connectivity index (χ4v) is 6.28. The van der Waals surface area contributed by atoms with Crippen LogP contribution in [0.4, 0.5) is 23.1 Å². The molecule has 10 heteroatoms. The zero-order chi connectivity index (χ0) is 29.0. The van der Waals surface area contributed by atoms with Gasteiger partial charge in [0.25, 0.3) is 5.91 Å². The van der Waals surface area contributed by atoms with Crippen LogP contribution in [0.2, 0.25) is 0 Å². The highest BCUT2D eigenvalue weighted by Crippen LogP contribution is 2.40. The van der Waals surface area contributed by atoms with Crippen LogP contribution >= 0.6 is 0 Å². The minimum Gasteiger partial charge on any atom is -0.495 e. The average Bonchev–Trinajstić information content (AvgIpc) is 3.76. The number of nitrogens with one attached hydrogen (secondary N) is 1. The number of rotatable bonds is 6. The predicted molar refractivity (Wildman–Crippen MR) is 158 cm³/mol. The van der Waals surface area contributed by atoms with Crippen LogP contribution < -0.4 is 24.8 Å². The van der Waals surface area contributed by atoms with E-state index < -0.39 is 0 Å². The molecule has 1 aromatic carbocycles. The molecule has 5 rings (SSSR count). The van der Waals surface area contributed by atoms with E-state index in [-0.39, 0.29) is 28.9 Å². The van der Waals surface area contributed by atoms with Crippen LogP contribution in [-0.4, -0.2) is 84.6 Å². The molecule has 0 unspecified atom stereocenters. The van der Waals surface area contributed by atoms with Crippen molar-refractivity contribution in [3.63, 3.8) is 0 Å². The van der Waals surface area contributed by atoms with Gasteiger partial charge in [-0.1, -0.05) is 0 Å². The maximum absolute atomic E-state index is 13.3. The minimum absolute atomic E-state index is 0.0188. The van der Waals surface area contributed by atoms with E-state index in [1.54, 1.807) is 31.3 Å². The number of amides is 2. The number of anilines is 4. The molecule has 1 saturated carbocycles. The maximum atomic E-state index is 13.3. The molecule has 1 aliphatic carbocycles. The molecule has 1 aromatic heterocycles. The van der Waals surface area contributed by atoms with Crippen LogP contribution in [0.3, 0.4) is 0 Å². The number of fused-ring (bicyclic) bond motifs is 1. The van der Waals surface area contributed by atoms with Gasteiger partial charge in [0.05, 0.1) is 19.0 Å².